The highest BCUT2D eigenvalue weighted by Crippen LogP contribution is 2.39. The summed E-state index contributed by atoms with van der Waals surface area (Å²) in [6.07, 6.45) is 5.09. The van der Waals surface area contributed by atoms with Crippen molar-refractivity contribution in [1.29, 1.82) is 0 Å². The number of benzene rings is 5. The van der Waals surface area contributed by atoms with Crippen molar-refractivity contribution in [3.63, 3.8) is 0 Å². The zero-order valence-corrected chi connectivity index (χ0v) is 28.5. The average molecular weight is 687 g/mol. The molecule has 0 radical (unpaired) electrons. The molecule has 5 aromatic carbocycles. The number of fused-ring (bicyclic) bond motifs is 3. The molecule has 0 saturated heterocycles. The molecule has 0 spiro atoms. The molecule has 1 amide bonds. The number of amides is 1. The number of nitrogens with zero attached hydrogens (tertiary/aromatic N) is 1. The SMILES string of the molecule is CC1(CNC(=O)c2cc3ccccc3cc2-n2oc3cc(F)c(OC4CCC(C(=O)OCc5cccc6ccccc56)CC4)cc3c2=O)CCC1. The van der Waals surface area contributed by atoms with Gasteiger partial charge in [-0.3, -0.25) is 14.4 Å². The van der Waals surface area contributed by atoms with Crippen LogP contribution in [-0.2, 0) is 16.1 Å². The van der Waals surface area contributed by atoms with Gasteiger partial charge in [0.25, 0.3) is 11.5 Å². The molecule has 2 aliphatic rings. The predicted molar refractivity (Wildman–Crippen MR) is 194 cm³/mol. The Kier molecular flexibility index (Phi) is 8.58. The van der Waals surface area contributed by atoms with Crippen LogP contribution >= 0.6 is 0 Å². The van der Waals surface area contributed by atoms with Crippen LogP contribution in [0, 0.1) is 17.2 Å². The summed E-state index contributed by atoms with van der Waals surface area (Å²) in [6, 6.07) is 27.6. The second-order valence-corrected chi connectivity index (χ2v) is 14.4. The molecular weight excluding hydrogens is 647 g/mol. The molecule has 260 valence electrons. The van der Waals surface area contributed by atoms with E-state index in [1.54, 1.807) is 12.1 Å². The second-order valence-electron chi connectivity index (χ2n) is 14.4. The number of nitrogens with one attached hydrogen (secondary N) is 1. The quantitative estimate of drug-likeness (QED) is 0.153. The predicted octanol–water partition coefficient (Wildman–Crippen LogP) is 8.63. The molecule has 1 heterocycles. The molecular formula is C42H39FN2O6. The first-order valence-corrected chi connectivity index (χ1v) is 17.7. The molecule has 8 rings (SSSR count). The van der Waals surface area contributed by atoms with Gasteiger partial charge in [0, 0.05) is 12.6 Å². The van der Waals surface area contributed by atoms with E-state index in [0.29, 0.717) is 37.8 Å². The number of carbonyl (C=O) groups is 2. The lowest BCUT2D eigenvalue weighted by Crippen LogP contribution is -2.40. The minimum Gasteiger partial charge on any atom is -0.487 e. The van der Waals surface area contributed by atoms with E-state index in [1.165, 1.54) is 6.07 Å². The molecule has 2 fully saturated rings. The first kappa shape index (κ1) is 32.7. The highest BCUT2D eigenvalue weighted by Gasteiger charge is 2.33. The van der Waals surface area contributed by atoms with Crippen molar-refractivity contribution in [2.45, 2.75) is 64.6 Å². The first-order chi connectivity index (χ1) is 24.7. The van der Waals surface area contributed by atoms with Crippen LogP contribution in [0.25, 0.3) is 38.2 Å². The van der Waals surface area contributed by atoms with Crippen LogP contribution in [0.5, 0.6) is 5.75 Å². The van der Waals surface area contributed by atoms with Crippen molar-refractivity contribution >= 4 is 44.4 Å². The van der Waals surface area contributed by atoms with Crippen LogP contribution in [0.3, 0.4) is 0 Å². The summed E-state index contributed by atoms with van der Waals surface area (Å²) in [7, 11) is 0. The van der Waals surface area contributed by atoms with Crippen LogP contribution in [0.2, 0.25) is 0 Å². The highest BCUT2D eigenvalue weighted by molar-refractivity contribution is 6.02. The van der Waals surface area contributed by atoms with Gasteiger partial charge in [0.2, 0.25) is 0 Å². The fourth-order valence-electron chi connectivity index (χ4n) is 7.48. The first-order valence-electron chi connectivity index (χ1n) is 17.7. The summed E-state index contributed by atoms with van der Waals surface area (Å²) in [5, 5.41) is 7.02. The Morgan fingerprint density at radius 1 is 0.882 bits per heavy atom. The van der Waals surface area contributed by atoms with Crippen LogP contribution < -0.4 is 15.6 Å². The van der Waals surface area contributed by atoms with E-state index in [2.05, 4.69) is 12.2 Å². The van der Waals surface area contributed by atoms with Crippen LogP contribution in [0.4, 0.5) is 4.39 Å². The minimum absolute atomic E-state index is 0.0454. The number of aromatic nitrogens is 1. The average Bonchev–Trinajstić information content (AvgIpc) is 3.45. The van der Waals surface area contributed by atoms with Gasteiger partial charge < -0.3 is 19.3 Å². The Balaban J connectivity index is 0.976. The fraction of sp³-hybridized carbons (Fsp3) is 0.310. The number of carbonyl (C=O) groups excluding carboxylic acids is 2. The largest absolute Gasteiger partial charge is 0.487 e. The molecule has 0 unspecified atom stereocenters. The van der Waals surface area contributed by atoms with Crippen molar-refractivity contribution in [2.24, 2.45) is 11.3 Å². The van der Waals surface area contributed by atoms with Gasteiger partial charge in [-0.25, -0.2) is 4.39 Å². The number of hydrogen-bond acceptors (Lipinski definition) is 6. The Morgan fingerprint density at radius 2 is 1.59 bits per heavy atom. The van der Waals surface area contributed by atoms with E-state index >= 15 is 4.39 Å². The van der Waals surface area contributed by atoms with Crippen molar-refractivity contribution in [3.05, 3.63) is 118 Å². The van der Waals surface area contributed by atoms with Gasteiger partial charge in [0.15, 0.2) is 17.1 Å². The summed E-state index contributed by atoms with van der Waals surface area (Å²) < 4.78 is 34.2. The summed E-state index contributed by atoms with van der Waals surface area (Å²) >= 11 is 0. The summed E-state index contributed by atoms with van der Waals surface area (Å²) in [6.45, 7) is 2.90. The Bertz CT molecular complexity index is 2340. The Hall–Kier alpha value is -5.44. The molecule has 9 heteroatoms. The maximum absolute atomic E-state index is 15.4. The third-order valence-electron chi connectivity index (χ3n) is 10.8. The third-order valence-corrected chi connectivity index (χ3v) is 10.8. The molecule has 0 bridgehead atoms. The van der Waals surface area contributed by atoms with Gasteiger partial charge in [0.1, 0.15) is 6.61 Å². The topological polar surface area (TPSA) is 99.8 Å². The summed E-state index contributed by atoms with van der Waals surface area (Å²) in [4.78, 5) is 40.4. The third kappa shape index (κ3) is 6.49. The Morgan fingerprint density at radius 3 is 2.33 bits per heavy atom. The van der Waals surface area contributed by atoms with E-state index in [1.807, 2.05) is 66.7 Å². The molecule has 51 heavy (non-hydrogen) atoms. The van der Waals surface area contributed by atoms with Gasteiger partial charge in [-0.15, -0.1) is 4.74 Å². The van der Waals surface area contributed by atoms with E-state index in [4.69, 9.17) is 14.0 Å². The van der Waals surface area contributed by atoms with Crippen molar-refractivity contribution in [1.82, 2.24) is 10.1 Å². The van der Waals surface area contributed by atoms with E-state index < -0.39 is 11.4 Å². The molecule has 2 aliphatic carbocycles. The fourth-order valence-corrected chi connectivity index (χ4v) is 7.48. The van der Waals surface area contributed by atoms with Gasteiger partial charge in [-0.2, -0.15) is 0 Å². The van der Waals surface area contributed by atoms with Crippen LogP contribution in [-0.4, -0.2) is 29.3 Å². The Labute approximate surface area is 294 Å². The van der Waals surface area contributed by atoms with Crippen LogP contribution in [0.15, 0.2) is 100 Å². The standard InChI is InChI=1S/C42H39FN2O6/c1-42(18-7-19-42)25-44-39(46)33-20-28-9-2-3-10-29(28)21-36(33)45-40(47)34-22-38(35(43)23-37(34)51-45)50-31-16-14-27(15-17-31)41(48)49-24-30-12-6-11-26-8-4-5-13-32(26)30/h2-6,8-13,20-23,27,31H,7,14-19,24-25H2,1H3,(H,44,46). The summed E-state index contributed by atoms with van der Waals surface area (Å²) in [5.74, 6) is -1.53. The monoisotopic (exact) mass is 686 g/mol. The lowest BCUT2D eigenvalue weighted by Gasteiger charge is -2.38. The lowest BCUT2D eigenvalue weighted by atomic mass is 9.70. The maximum Gasteiger partial charge on any atom is 0.309 e. The van der Waals surface area contributed by atoms with Crippen molar-refractivity contribution < 1.29 is 28.0 Å². The normalized spacial score (nSPS) is 18.4. The van der Waals surface area contributed by atoms with Gasteiger partial charge in [-0.1, -0.05) is 80.1 Å². The molecule has 1 aromatic heterocycles. The molecule has 6 aromatic rings. The molecule has 8 nitrogen and oxygen atoms in total. The zero-order valence-electron chi connectivity index (χ0n) is 28.5. The molecule has 1 N–H and O–H groups in total. The minimum atomic E-state index is -0.662. The van der Waals surface area contributed by atoms with E-state index in [-0.39, 0.29) is 58.3 Å². The number of ether oxygens (including phenoxy) is 2. The van der Waals surface area contributed by atoms with Crippen molar-refractivity contribution in [2.75, 3.05) is 6.54 Å². The zero-order chi connectivity index (χ0) is 35.1. The smallest absolute Gasteiger partial charge is 0.309 e. The molecule has 0 aliphatic heterocycles. The van der Waals surface area contributed by atoms with Gasteiger partial charge >= 0.3 is 5.97 Å². The number of hydrogen-bond donors (Lipinski definition) is 1. The van der Waals surface area contributed by atoms with E-state index in [9.17, 15) is 14.4 Å². The highest BCUT2D eigenvalue weighted by atomic mass is 19.1. The molecule has 2 saturated carbocycles. The maximum atomic E-state index is 15.4. The number of esters is 1. The van der Waals surface area contributed by atoms with Crippen molar-refractivity contribution in [3.8, 4) is 11.4 Å². The van der Waals surface area contributed by atoms with E-state index in [0.717, 1.165) is 57.2 Å². The number of rotatable bonds is 9. The lowest BCUT2D eigenvalue weighted by molar-refractivity contribution is -0.151. The summed E-state index contributed by atoms with van der Waals surface area (Å²) in [5.41, 5.74) is 1.12. The van der Waals surface area contributed by atoms with Gasteiger partial charge in [-0.05, 0) is 89.2 Å². The van der Waals surface area contributed by atoms with Gasteiger partial charge in [0.05, 0.1) is 28.7 Å². The second kappa shape index (κ2) is 13.4. The van der Waals surface area contributed by atoms with Crippen LogP contribution in [0.1, 0.15) is 67.8 Å². The number of halogens is 1. The molecule has 0 atom stereocenters.